The van der Waals surface area contributed by atoms with E-state index >= 15 is 0 Å². The summed E-state index contributed by atoms with van der Waals surface area (Å²) < 4.78 is 0. The molecule has 0 aromatic heterocycles. The molecule has 0 fully saturated rings. The predicted octanol–water partition coefficient (Wildman–Crippen LogP) is 2.28. The number of hydrogen-bond acceptors (Lipinski definition) is 4. The monoisotopic (exact) mass is 276 g/mol. The average molecular weight is 276 g/mol. The van der Waals surface area contributed by atoms with Crippen molar-refractivity contribution in [2.24, 2.45) is 0 Å². The van der Waals surface area contributed by atoms with E-state index in [0.717, 1.165) is 24.1 Å². The summed E-state index contributed by atoms with van der Waals surface area (Å²) in [5.41, 5.74) is 2.06. The van der Waals surface area contributed by atoms with E-state index in [0.29, 0.717) is 25.9 Å². The number of nitrogens with zero attached hydrogens (tertiary/aromatic N) is 2. The van der Waals surface area contributed by atoms with E-state index in [1.165, 1.54) is 0 Å². The number of aliphatic hydroxyl groups is 1. The van der Waals surface area contributed by atoms with Crippen LogP contribution in [-0.4, -0.2) is 34.1 Å². The van der Waals surface area contributed by atoms with Crippen molar-refractivity contribution in [3.63, 3.8) is 0 Å². The van der Waals surface area contributed by atoms with Gasteiger partial charge in [0.05, 0.1) is 11.0 Å². The number of aliphatic hydroxyl groups excluding tert-OH is 1. The van der Waals surface area contributed by atoms with E-state index in [2.05, 4.69) is 11.5 Å². The molecule has 0 amide bonds. The van der Waals surface area contributed by atoms with E-state index in [9.17, 15) is 15.2 Å². The maximum absolute atomic E-state index is 11.0. The lowest BCUT2D eigenvalue weighted by Crippen LogP contribution is -2.36. The van der Waals surface area contributed by atoms with Gasteiger partial charge >= 0.3 is 0 Å². The van der Waals surface area contributed by atoms with E-state index in [-0.39, 0.29) is 16.7 Å². The Bertz CT molecular complexity index is 502. The molecule has 1 aromatic rings. The molecule has 0 aliphatic carbocycles. The second kappa shape index (κ2) is 6.63. The maximum Gasteiger partial charge on any atom is 0.272 e. The molecule has 1 N–H and O–H groups in total. The molecular weight excluding hydrogens is 256 g/mol. The number of rotatable bonds is 6. The molecule has 0 radical (unpaired) electrons. The van der Waals surface area contributed by atoms with Gasteiger partial charge in [-0.15, -0.1) is 6.58 Å². The van der Waals surface area contributed by atoms with Gasteiger partial charge in [0.1, 0.15) is 0 Å². The number of hydrogen-bond donors (Lipinski definition) is 1. The summed E-state index contributed by atoms with van der Waals surface area (Å²) in [4.78, 5) is 12.8. The predicted molar refractivity (Wildman–Crippen MR) is 77.5 cm³/mol. The molecule has 0 saturated carbocycles. The molecule has 1 atom stereocenters. The Labute approximate surface area is 118 Å². The summed E-state index contributed by atoms with van der Waals surface area (Å²) in [5, 5.41) is 20.9. The summed E-state index contributed by atoms with van der Waals surface area (Å²) >= 11 is 0. The molecule has 0 spiro atoms. The highest BCUT2D eigenvalue weighted by atomic mass is 16.6. The zero-order chi connectivity index (χ0) is 14.5. The molecule has 0 saturated heterocycles. The van der Waals surface area contributed by atoms with Crippen molar-refractivity contribution in [1.29, 1.82) is 0 Å². The number of nitro groups is 1. The Balaban J connectivity index is 2.02. The van der Waals surface area contributed by atoms with Crippen LogP contribution in [0.15, 0.2) is 30.9 Å². The van der Waals surface area contributed by atoms with Crippen molar-refractivity contribution in [2.75, 3.05) is 13.1 Å². The largest absolute Gasteiger partial charge is 0.392 e. The third-order valence-corrected chi connectivity index (χ3v) is 3.69. The Kier molecular flexibility index (Phi) is 4.87. The fourth-order valence-electron chi connectivity index (χ4n) is 2.67. The fourth-order valence-corrected chi connectivity index (χ4v) is 2.67. The van der Waals surface area contributed by atoms with Crippen LogP contribution in [0.5, 0.6) is 0 Å². The van der Waals surface area contributed by atoms with Crippen LogP contribution in [0.25, 0.3) is 0 Å². The summed E-state index contributed by atoms with van der Waals surface area (Å²) in [6.07, 6.45) is 3.62. The van der Waals surface area contributed by atoms with E-state index in [1.54, 1.807) is 18.2 Å². The SMILES string of the molecule is C=CCCC(O)CN1CCc2c(cccc2[N+](=O)[O-])C1. The zero-order valence-electron chi connectivity index (χ0n) is 11.5. The zero-order valence-corrected chi connectivity index (χ0v) is 11.5. The quantitative estimate of drug-likeness (QED) is 0.492. The molecule has 20 heavy (non-hydrogen) atoms. The van der Waals surface area contributed by atoms with Crippen LogP contribution in [0.3, 0.4) is 0 Å². The molecule has 1 unspecified atom stereocenters. The van der Waals surface area contributed by atoms with Gasteiger partial charge in [-0.05, 0) is 24.8 Å². The normalized spacial score (nSPS) is 16.4. The van der Waals surface area contributed by atoms with Crippen LogP contribution >= 0.6 is 0 Å². The number of β-amino-alcohol motifs (C(OH)–C–C–N with tert-alkyl or cyclic N) is 1. The van der Waals surface area contributed by atoms with Gasteiger partial charge in [0.2, 0.25) is 0 Å². The Morgan fingerprint density at radius 3 is 3.05 bits per heavy atom. The molecule has 108 valence electrons. The van der Waals surface area contributed by atoms with Crippen LogP contribution in [-0.2, 0) is 13.0 Å². The topological polar surface area (TPSA) is 66.6 Å². The minimum atomic E-state index is -0.367. The minimum absolute atomic E-state index is 0.217. The summed E-state index contributed by atoms with van der Waals surface area (Å²) in [6, 6.07) is 5.23. The molecule has 0 bridgehead atoms. The first-order valence-electron chi connectivity index (χ1n) is 6.88. The Morgan fingerprint density at radius 2 is 2.35 bits per heavy atom. The highest BCUT2D eigenvalue weighted by Crippen LogP contribution is 2.27. The van der Waals surface area contributed by atoms with Crippen LogP contribution in [0, 0.1) is 10.1 Å². The lowest BCUT2D eigenvalue weighted by Gasteiger charge is -2.30. The molecular formula is C15H20N2O3. The lowest BCUT2D eigenvalue weighted by molar-refractivity contribution is -0.385. The molecule has 1 aromatic carbocycles. The van der Waals surface area contributed by atoms with Crippen molar-refractivity contribution >= 4 is 5.69 Å². The van der Waals surface area contributed by atoms with Gasteiger partial charge < -0.3 is 5.11 Å². The highest BCUT2D eigenvalue weighted by Gasteiger charge is 2.24. The van der Waals surface area contributed by atoms with Crippen molar-refractivity contribution in [1.82, 2.24) is 4.90 Å². The van der Waals surface area contributed by atoms with Crippen LogP contribution in [0.2, 0.25) is 0 Å². The van der Waals surface area contributed by atoms with Crippen LogP contribution in [0.4, 0.5) is 5.69 Å². The average Bonchev–Trinajstić information content (AvgIpc) is 2.44. The maximum atomic E-state index is 11.0. The third kappa shape index (κ3) is 3.43. The van der Waals surface area contributed by atoms with Gasteiger partial charge in [0.25, 0.3) is 5.69 Å². The first kappa shape index (κ1) is 14.7. The van der Waals surface area contributed by atoms with Gasteiger partial charge in [-0.25, -0.2) is 0 Å². The molecule has 5 nitrogen and oxygen atoms in total. The smallest absolute Gasteiger partial charge is 0.272 e. The summed E-state index contributed by atoms with van der Waals surface area (Å²) in [5.74, 6) is 0. The van der Waals surface area contributed by atoms with E-state index in [1.807, 2.05) is 6.07 Å². The van der Waals surface area contributed by atoms with Crippen molar-refractivity contribution < 1.29 is 10.0 Å². The third-order valence-electron chi connectivity index (χ3n) is 3.69. The summed E-state index contributed by atoms with van der Waals surface area (Å²) in [6.45, 7) is 5.68. The summed E-state index contributed by atoms with van der Waals surface area (Å²) in [7, 11) is 0. The van der Waals surface area contributed by atoms with Gasteiger partial charge in [-0.1, -0.05) is 18.2 Å². The Morgan fingerprint density at radius 1 is 1.55 bits per heavy atom. The first-order chi connectivity index (χ1) is 9.61. The van der Waals surface area contributed by atoms with Crippen LogP contribution < -0.4 is 0 Å². The molecule has 1 aliphatic rings. The van der Waals surface area contributed by atoms with E-state index in [4.69, 9.17) is 0 Å². The standard InChI is InChI=1S/C15H20N2O3/c1-2-3-6-13(18)11-16-9-8-14-12(10-16)5-4-7-15(14)17(19)20/h2,4-5,7,13,18H,1,3,6,8-11H2. The van der Waals surface area contributed by atoms with Gasteiger partial charge in [0, 0.05) is 31.3 Å². The molecule has 2 rings (SSSR count). The van der Waals surface area contributed by atoms with E-state index < -0.39 is 0 Å². The Hall–Kier alpha value is -1.72. The van der Waals surface area contributed by atoms with Crippen molar-refractivity contribution in [3.05, 3.63) is 52.1 Å². The lowest BCUT2D eigenvalue weighted by atomic mass is 9.97. The second-order valence-corrected chi connectivity index (χ2v) is 5.18. The van der Waals surface area contributed by atoms with Gasteiger partial charge in [0.15, 0.2) is 0 Å². The second-order valence-electron chi connectivity index (χ2n) is 5.18. The molecule has 1 heterocycles. The van der Waals surface area contributed by atoms with Crippen molar-refractivity contribution in [3.8, 4) is 0 Å². The number of nitro benzene ring substituents is 1. The van der Waals surface area contributed by atoms with Gasteiger partial charge in [-0.3, -0.25) is 15.0 Å². The number of benzene rings is 1. The van der Waals surface area contributed by atoms with Crippen molar-refractivity contribution in [2.45, 2.75) is 31.9 Å². The van der Waals surface area contributed by atoms with Crippen LogP contribution in [0.1, 0.15) is 24.0 Å². The first-order valence-corrected chi connectivity index (χ1v) is 6.88. The van der Waals surface area contributed by atoms with Gasteiger partial charge in [-0.2, -0.15) is 0 Å². The molecule has 1 aliphatic heterocycles. The number of allylic oxidation sites excluding steroid dienone is 1. The molecule has 5 heteroatoms. The number of fused-ring (bicyclic) bond motifs is 1. The minimum Gasteiger partial charge on any atom is -0.392 e. The highest BCUT2D eigenvalue weighted by molar-refractivity contribution is 5.46. The fraction of sp³-hybridized carbons (Fsp3) is 0.467.